The minimum atomic E-state index is -4.56. The molecule has 0 aromatic heterocycles. The molecular weight excluding hydrogens is 293 g/mol. The fourth-order valence-electron chi connectivity index (χ4n) is 2.22. The number of hydrogen-bond donors (Lipinski definition) is 1. The van der Waals surface area contributed by atoms with Gasteiger partial charge in [0.2, 0.25) is 10.0 Å². The highest BCUT2D eigenvalue weighted by Gasteiger charge is 2.36. The van der Waals surface area contributed by atoms with Gasteiger partial charge in [-0.2, -0.15) is 17.5 Å². The lowest BCUT2D eigenvalue weighted by Gasteiger charge is -2.27. The first-order valence-electron chi connectivity index (χ1n) is 6.12. The molecule has 0 saturated carbocycles. The van der Waals surface area contributed by atoms with Crippen molar-refractivity contribution in [2.75, 3.05) is 26.2 Å². The molecule has 0 spiro atoms. The maximum atomic E-state index is 12.8. The van der Waals surface area contributed by atoms with Crippen LogP contribution < -0.4 is 5.32 Å². The van der Waals surface area contributed by atoms with Crippen molar-refractivity contribution in [3.05, 3.63) is 29.3 Å². The van der Waals surface area contributed by atoms with Crippen molar-refractivity contribution in [1.29, 1.82) is 0 Å². The molecule has 1 fully saturated rings. The van der Waals surface area contributed by atoms with Crippen molar-refractivity contribution < 1.29 is 21.6 Å². The normalized spacial score (nSPS) is 18.2. The first kappa shape index (κ1) is 15.3. The van der Waals surface area contributed by atoms with Gasteiger partial charge in [0.1, 0.15) is 0 Å². The van der Waals surface area contributed by atoms with Gasteiger partial charge >= 0.3 is 6.18 Å². The SMILES string of the molecule is Cc1c(C(F)(F)F)cccc1S(=O)(=O)N1CCNCC1. The topological polar surface area (TPSA) is 49.4 Å². The van der Waals surface area contributed by atoms with Crippen molar-refractivity contribution in [3.63, 3.8) is 0 Å². The van der Waals surface area contributed by atoms with Crippen molar-refractivity contribution in [2.24, 2.45) is 0 Å². The Morgan fingerprint density at radius 3 is 2.35 bits per heavy atom. The molecule has 1 aliphatic heterocycles. The molecule has 2 rings (SSSR count). The van der Waals surface area contributed by atoms with Gasteiger partial charge in [-0.25, -0.2) is 8.42 Å². The number of benzene rings is 1. The van der Waals surface area contributed by atoms with Crippen LogP contribution in [0.15, 0.2) is 23.1 Å². The number of nitrogens with one attached hydrogen (secondary N) is 1. The zero-order valence-electron chi connectivity index (χ0n) is 10.9. The van der Waals surface area contributed by atoms with Crippen molar-refractivity contribution in [1.82, 2.24) is 9.62 Å². The number of sulfonamides is 1. The van der Waals surface area contributed by atoms with Gasteiger partial charge in [-0.3, -0.25) is 0 Å². The summed E-state index contributed by atoms with van der Waals surface area (Å²) in [6.45, 7) is 2.71. The van der Waals surface area contributed by atoms with Crippen LogP contribution in [-0.4, -0.2) is 38.9 Å². The van der Waals surface area contributed by atoms with E-state index in [0.29, 0.717) is 13.1 Å². The average molecular weight is 308 g/mol. The van der Waals surface area contributed by atoms with E-state index in [2.05, 4.69) is 5.32 Å². The van der Waals surface area contributed by atoms with Crippen molar-refractivity contribution in [3.8, 4) is 0 Å². The summed E-state index contributed by atoms with van der Waals surface area (Å²) in [5.41, 5.74) is -1.16. The molecule has 20 heavy (non-hydrogen) atoms. The molecule has 1 N–H and O–H groups in total. The standard InChI is InChI=1S/C12H15F3N2O2S/c1-9-10(12(13,14)15)3-2-4-11(9)20(18,19)17-7-5-16-6-8-17/h2-4,16H,5-8H2,1H3. The number of nitrogens with zero attached hydrogens (tertiary/aromatic N) is 1. The molecule has 112 valence electrons. The van der Waals surface area contributed by atoms with Gasteiger partial charge in [0.25, 0.3) is 0 Å². The number of piperazine rings is 1. The summed E-state index contributed by atoms with van der Waals surface area (Å²) in [5, 5.41) is 3.00. The van der Waals surface area contributed by atoms with E-state index >= 15 is 0 Å². The molecule has 0 bridgehead atoms. The summed E-state index contributed by atoms with van der Waals surface area (Å²) in [7, 11) is -3.88. The summed E-state index contributed by atoms with van der Waals surface area (Å²) in [5.74, 6) is 0. The van der Waals surface area contributed by atoms with E-state index in [0.717, 1.165) is 12.1 Å². The summed E-state index contributed by atoms with van der Waals surface area (Å²) < 4.78 is 64.6. The maximum Gasteiger partial charge on any atom is 0.416 e. The van der Waals surface area contributed by atoms with E-state index in [9.17, 15) is 21.6 Å². The van der Waals surface area contributed by atoms with Gasteiger partial charge in [0.15, 0.2) is 0 Å². The lowest BCUT2D eigenvalue weighted by atomic mass is 10.1. The van der Waals surface area contributed by atoms with Gasteiger partial charge in [-0.15, -0.1) is 0 Å². The van der Waals surface area contributed by atoms with Crippen LogP contribution in [0.1, 0.15) is 11.1 Å². The average Bonchev–Trinajstić information content (AvgIpc) is 2.38. The Balaban J connectivity index is 2.47. The largest absolute Gasteiger partial charge is 0.416 e. The monoisotopic (exact) mass is 308 g/mol. The third-order valence-corrected chi connectivity index (χ3v) is 5.33. The van der Waals surface area contributed by atoms with E-state index in [-0.39, 0.29) is 23.5 Å². The zero-order valence-corrected chi connectivity index (χ0v) is 11.7. The second kappa shape index (κ2) is 5.34. The Labute approximate surface area is 115 Å². The number of halogens is 3. The number of hydrogen-bond acceptors (Lipinski definition) is 3. The highest BCUT2D eigenvalue weighted by Crippen LogP contribution is 2.34. The molecule has 8 heteroatoms. The van der Waals surface area contributed by atoms with Crippen LogP contribution in [0.3, 0.4) is 0 Å². The molecule has 1 aromatic rings. The van der Waals surface area contributed by atoms with Crippen LogP contribution >= 0.6 is 0 Å². The molecule has 0 unspecified atom stereocenters. The summed E-state index contributed by atoms with van der Waals surface area (Å²) >= 11 is 0. The van der Waals surface area contributed by atoms with Crippen LogP contribution in [0.2, 0.25) is 0 Å². The Morgan fingerprint density at radius 1 is 1.20 bits per heavy atom. The second-order valence-electron chi connectivity index (χ2n) is 4.58. The van der Waals surface area contributed by atoms with Gasteiger partial charge in [0, 0.05) is 26.2 Å². The smallest absolute Gasteiger partial charge is 0.314 e. The number of alkyl halides is 3. The van der Waals surface area contributed by atoms with Crippen LogP contribution in [0.4, 0.5) is 13.2 Å². The number of rotatable bonds is 2. The van der Waals surface area contributed by atoms with Crippen LogP contribution in [0, 0.1) is 6.92 Å². The first-order valence-corrected chi connectivity index (χ1v) is 7.56. The minimum absolute atomic E-state index is 0.251. The lowest BCUT2D eigenvalue weighted by Crippen LogP contribution is -2.46. The van der Waals surface area contributed by atoms with E-state index in [1.54, 1.807) is 0 Å². The van der Waals surface area contributed by atoms with E-state index in [1.807, 2.05) is 0 Å². The molecule has 0 atom stereocenters. The molecule has 0 aliphatic carbocycles. The fourth-order valence-corrected chi connectivity index (χ4v) is 3.91. The summed E-state index contributed by atoms with van der Waals surface area (Å²) in [4.78, 5) is -0.269. The summed E-state index contributed by atoms with van der Waals surface area (Å²) in [6.07, 6.45) is -4.56. The molecule has 1 heterocycles. The van der Waals surface area contributed by atoms with Crippen LogP contribution in [0.5, 0.6) is 0 Å². The molecule has 0 amide bonds. The predicted molar refractivity (Wildman–Crippen MR) is 67.8 cm³/mol. The van der Waals surface area contributed by atoms with Gasteiger partial charge in [0.05, 0.1) is 10.5 Å². The van der Waals surface area contributed by atoms with Crippen LogP contribution in [0.25, 0.3) is 0 Å². The first-order chi connectivity index (χ1) is 9.24. The molecule has 1 aromatic carbocycles. The third-order valence-electron chi connectivity index (χ3n) is 3.28. The van der Waals surface area contributed by atoms with E-state index in [1.165, 1.54) is 17.3 Å². The Kier molecular flexibility index (Phi) is 4.08. The highest BCUT2D eigenvalue weighted by atomic mass is 32.2. The van der Waals surface area contributed by atoms with Gasteiger partial charge in [-0.05, 0) is 24.6 Å². The minimum Gasteiger partial charge on any atom is -0.314 e. The molecule has 1 saturated heterocycles. The summed E-state index contributed by atoms with van der Waals surface area (Å²) in [6, 6.07) is 3.25. The highest BCUT2D eigenvalue weighted by molar-refractivity contribution is 7.89. The Morgan fingerprint density at radius 2 is 1.80 bits per heavy atom. The quantitative estimate of drug-likeness (QED) is 0.903. The Hall–Kier alpha value is -1.12. The van der Waals surface area contributed by atoms with Crippen LogP contribution in [-0.2, 0) is 16.2 Å². The third kappa shape index (κ3) is 2.82. The molecule has 0 radical (unpaired) electrons. The van der Waals surface area contributed by atoms with Crippen molar-refractivity contribution in [2.45, 2.75) is 18.0 Å². The predicted octanol–water partition coefficient (Wildman–Crippen LogP) is 1.61. The lowest BCUT2D eigenvalue weighted by molar-refractivity contribution is -0.138. The molecule has 1 aliphatic rings. The van der Waals surface area contributed by atoms with Crippen molar-refractivity contribution >= 4 is 10.0 Å². The molecular formula is C12H15F3N2O2S. The van der Waals surface area contributed by atoms with Gasteiger partial charge < -0.3 is 5.32 Å². The van der Waals surface area contributed by atoms with E-state index in [4.69, 9.17) is 0 Å². The second-order valence-corrected chi connectivity index (χ2v) is 6.49. The fraction of sp³-hybridized carbons (Fsp3) is 0.500. The Bertz CT molecular complexity index is 593. The zero-order chi connectivity index (χ0) is 15.0. The molecule has 4 nitrogen and oxygen atoms in total. The maximum absolute atomic E-state index is 12.8. The van der Waals surface area contributed by atoms with E-state index < -0.39 is 21.8 Å². The van der Waals surface area contributed by atoms with Gasteiger partial charge in [-0.1, -0.05) is 6.07 Å².